The number of rotatable bonds is 3. The van der Waals surface area contributed by atoms with Gasteiger partial charge in [0.2, 0.25) is 5.91 Å². The van der Waals surface area contributed by atoms with Crippen LogP contribution in [0.1, 0.15) is 18.4 Å². The minimum absolute atomic E-state index is 0.0390. The first-order chi connectivity index (χ1) is 10.3. The van der Waals surface area contributed by atoms with E-state index in [4.69, 9.17) is 0 Å². The molecule has 0 saturated carbocycles. The molecular formula is C17H23N3O. The van der Waals surface area contributed by atoms with E-state index in [1.54, 1.807) is 0 Å². The molecule has 2 bridgehead atoms. The van der Waals surface area contributed by atoms with Crippen molar-refractivity contribution < 1.29 is 4.79 Å². The third-order valence-electron chi connectivity index (χ3n) is 5.39. The lowest BCUT2D eigenvalue weighted by Crippen LogP contribution is -2.58. The molecule has 2 atom stereocenters. The van der Waals surface area contributed by atoms with Crippen LogP contribution in [0.25, 0.3) is 0 Å². The highest BCUT2D eigenvalue weighted by Crippen LogP contribution is 2.32. The normalized spacial score (nSPS) is 35.4. The van der Waals surface area contributed by atoms with Crippen LogP contribution in [-0.2, 0) is 11.2 Å². The summed E-state index contributed by atoms with van der Waals surface area (Å²) in [6, 6.07) is 10.7. The predicted molar refractivity (Wildman–Crippen MR) is 81.7 cm³/mol. The summed E-state index contributed by atoms with van der Waals surface area (Å²) in [5.41, 5.74) is 1.24. The van der Waals surface area contributed by atoms with Crippen LogP contribution in [0.3, 0.4) is 0 Å². The van der Waals surface area contributed by atoms with E-state index in [-0.39, 0.29) is 6.04 Å². The number of carbonyl (C=O) groups is 1. The van der Waals surface area contributed by atoms with Crippen molar-refractivity contribution in [3.8, 4) is 0 Å². The molecule has 4 aliphatic rings. The van der Waals surface area contributed by atoms with Gasteiger partial charge in [-0.1, -0.05) is 30.3 Å². The average molecular weight is 285 g/mol. The molecule has 1 aromatic rings. The maximum atomic E-state index is 12.7. The van der Waals surface area contributed by atoms with Crippen LogP contribution in [0.15, 0.2) is 30.3 Å². The quantitative estimate of drug-likeness (QED) is 0.903. The van der Waals surface area contributed by atoms with Crippen molar-refractivity contribution in [3.63, 3.8) is 0 Å². The van der Waals surface area contributed by atoms with Gasteiger partial charge in [0.05, 0.1) is 12.7 Å². The van der Waals surface area contributed by atoms with Crippen molar-refractivity contribution in [2.75, 3.05) is 26.3 Å². The van der Waals surface area contributed by atoms with E-state index < -0.39 is 0 Å². The minimum atomic E-state index is -0.0390. The van der Waals surface area contributed by atoms with Crippen LogP contribution in [-0.4, -0.2) is 54.1 Å². The first-order valence-electron chi connectivity index (χ1n) is 8.11. The molecule has 4 fully saturated rings. The number of benzene rings is 1. The summed E-state index contributed by atoms with van der Waals surface area (Å²) in [5.74, 6) is 1.02. The fourth-order valence-corrected chi connectivity index (χ4v) is 4.15. The van der Waals surface area contributed by atoms with Gasteiger partial charge in [-0.2, -0.15) is 0 Å². The summed E-state index contributed by atoms with van der Waals surface area (Å²) in [5, 5.41) is 3.42. The highest BCUT2D eigenvalue weighted by atomic mass is 16.2. The molecule has 4 heterocycles. The van der Waals surface area contributed by atoms with Gasteiger partial charge in [0.1, 0.15) is 0 Å². The number of hydrogen-bond acceptors (Lipinski definition) is 3. The maximum absolute atomic E-state index is 12.7. The summed E-state index contributed by atoms with van der Waals surface area (Å²) in [4.78, 5) is 17.4. The monoisotopic (exact) mass is 285 g/mol. The third-order valence-corrected chi connectivity index (χ3v) is 5.39. The number of amides is 1. The van der Waals surface area contributed by atoms with Crippen LogP contribution in [0.2, 0.25) is 0 Å². The molecule has 21 heavy (non-hydrogen) atoms. The molecule has 112 valence electrons. The maximum Gasteiger partial charge on any atom is 0.241 e. The van der Waals surface area contributed by atoms with Gasteiger partial charge < -0.3 is 9.80 Å². The molecule has 0 aromatic heterocycles. The van der Waals surface area contributed by atoms with Gasteiger partial charge in [-0.05, 0) is 43.8 Å². The van der Waals surface area contributed by atoms with Crippen molar-refractivity contribution in [3.05, 3.63) is 35.9 Å². The van der Waals surface area contributed by atoms with Gasteiger partial charge in [-0.15, -0.1) is 0 Å². The number of fused-ring (bicyclic) bond motifs is 3. The first-order valence-corrected chi connectivity index (χ1v) is 8.11. The van der Waals surface area contributed by atoms with Crippen LogP contribution < -0.4 is 5.32 Å². The Kier molecular flexibility index (Phi) is 3.43. The van der Waals surface area contributed by atoms with Gasteiger partial charge in [0.25, 0.3) is 0 Å². The standard InChI is InChI=1S/C17H23N3O/c21-17-15(10-13-4-2-1-3-5-13)18-12-20(17)16-11-19-8-6-14(16)7-9-19/h1-5,14-16,18H,6-12H2. The summed E-state index contributed by atoms with van der Waals surface area (Å²) >= 11 is 0. The summed E-state index contributed by atoms with van der Waals surface area (Å²) in [6.07, 6.45) is 3.33. The van der Waals surface area contributed by atoms with Crippen LogP contribution >= 0.6 is 0 Å². The van der Waals surface area contributed by atoms with Crippen molar-refractivity contribution >= 4 is 5.91 Å². The molecule has 0 radical (unpaired) electrons. The highest BCUT2D eigenvalue weighted by Gasteiger charge is 2.43. The first kappa shape index (κ1) is 13.3. The van der Waals surface area contributed by atoms with E-state index in [0.29, 0.717) is 11.9 Å². The van der Waals surface area contributed by atoms with E-state index in [9.17, 15) is 4.79 Å². The topological polar surface area (TPSA) is 35.6 Å². The third kappa shape index (κ3) is 2.47. The molecule has 2 unspecified atom stereocenters. The Hall–Kier alpha value is -1.39. The Morgan fingerprint density at radius 1 is 1.14 bits per heavy atom. The Labute approximate surface area is 126 Å². The van der Waals surface area contributed by atoms with Gasteiger partial charge >= 0.3 is 0 Å². The smallest absolute Gasteiger partial charge is 0.241 e. The molecule has 5 rings (SSSR count). The van der Waals surface area contributed by atoms with Gasteiger partial charge in [-0.3, -0.25) is 10.1 Å². The summed E-state index contributed by atoms with van der Waals surface area (Å²) < 4.78 is 0. The fraction of sp³-hybridized carbons (Fsp3) is 0.588. The average Bonchev–Trinajstić information content (AvgIpc) is 2.90. The van der Waals surface area contributed by atoms with E-state index in [1.165, 1.54) is 31.5 Å². The van der Waals surface area contributed by atoms with Crippen LogP contribution in [0.5, 0.6) is 0 Å². The summed E-state index contributed by atoms with van der Waals surface area (Å²) in [6.45, 7) is 4.26. The van der Waals surface area contributed by atoms with E-state index in [0.717, 1.165) is 25.6 Å². The second kappa shape index (κ2) is 5.43. The zero-order valence-electron chi connectivity index (χ0n) is 12.4. The Balaban J connectivity index is 1.44. The second-order valence-corrected chi connectivity index (χ2v) is 6.62. The largest absolute Gasteiger partial charge is 0.324 e. The zero-order chi connectivity index (χ0) is 14.2. The van der Waals surface area contributed by atoms with E-state index >= 15 is 0 Å². The molecule has 4 aliphatic heterocycles. The van der Waals surface area contributed by atoms with Crippen LogP contribution in [0, 0.1) is 5.92 Å². The SMILES string of the molecule is O=C1C(Cc2ccccc2)NCN1C1CN2CCC1CC2. The molecule has 1 amide bonds. The van der Waals surface area contributed by atoms with Gasteiger partial charge in [0.15, 0.2) is 0 Å². The minimum Gasteiger partial charge on any atom is -0.324 e. The number of nitrogens with one attached hydrogen (secondary N) is 1. The number of hydrogen-bond donors (Lipinski definition) is 1. The number of carbonyl (C=O) groups excluding carboxylic acids is 1. The zero-order valence-corrected chi connectivity index (χ0v) is 12.4. The van der Waals surface area contributed by atoms with Crippen molar-refractivity contribution in [1.29, 1.82) is 0 Å². The Morgan fingerprint density at radius 2 is 1.90 bits per heavy atom. The molecule has 4 heteroatoms. The molecule has 4 saturated heterocycles. The molecule has 0 spiro atoms. The van der Waals surface area contributed by atoms with E-state index in [2.05, 4.69) is 27.2 Å². The van der Waals surface area contributed by atoms with E-state index in [1.807, 2.05) is 18.2 Å². The highest BCUT2D eigenvalue weighted by molar-refractivity contribution is 5.84. The molecule has 1 N–H and O–H groups in total. The lowest BCUT2D eigenvalue weighted by atomic mass is 9.83. The van der Waals surface area contributed by atoms with Crippen molar-refractivity contribution in [2.24, 2.45) is 5.92 Å². The second-order valence-electron chi connectivity index (χ2n) is 6.62. The lowest BCUT2D eigenvalue weighted by molar-refractivity contribution is -0.134. The lowest BCUT2D eigenvalue weighted by Gasteiger charge is -2.47. The Bertz CT molecular complexity index is 510. The van der Waals surface area contributed by atoms with Crippen LogP contribution in [0.4, 0.5) is 0 Å². The van der Waals surface area contributed by atoms with Gasteiger partial charge in [-0.25, -0.2) is 0 Å². The van der Waals surface area contributed by atoms with Crippen molar-refractivity contribution in [1.82, 2.24) is 15.1 Å². The molecule has 4 nitrogen and oxygen atoms in total. The predicted octanol–water partition coefficient (Wildman–Crippen LogP) is 1.08. The number of piperidine rings is 3. The molecule has 0 aliphatic carbocycles. The molecule has 1 aromatic carbocycles. The van der Waals surface area contributed by atoms with Crippen molar-refractivity contribution in [2.45, 2.75) is 31.3 Å². The van der Waals surface area contributed by atoms with Gasteiger partial charge in [0, 0.05) is 12.6 Å². The fourth-order valence-electron chi connectivity index (χ4n) is 4.15. The Morgan fingerprint density at radius 3 is 2.57 bits per heavy atom. The summed E-state index contributed by atoms with van der Waals surface area (Å²) in [7, 11) is 0. The number of nitrogens with zero attached hydrogens (tertiary/aromatic N) is 2. The molecular weight excluding hydrogens is 262 g/mol.